The van der Waals surface area contributed by atoms with Crippen molar-refractivity contribution in [3.05, 3.63) is 41.7 Å². The molecule has 5 heterocycles. The van der Waals surface area contributed by atoms with Crippen LogP contribution in [0.1, 0.15) is 19.2 Å². The summed E-state index contributed by atoms with van der Waals surface area (Å²) in [6.07, 6.45) is -0.969. The van der Waals surface area contributed by atoms with E-state index in [2.05, 4.69) is 35.2 Å². The maximum absolute atomic E-state index is 12.5. The molecule has 5 N–H and O–H groups in total. The summed E-state index contributed by atoms with van der Waals surface area (Å²) >= 11 is 5.91. The number of aliphatic hydroxyl groups excluding tert-OH is 2. The number of fused-ring (bicyclic) bond motifs is 1. The molecule has 1 fully saturated rings. The average Bonchev–Trinajstić information content (AvgIpc) is 3.59. The van der Waals surface area contributed by atoms with E-state index in [9.17, 15) is 20.1 Å². The molecule has 37 heavy (non-hydrogen) atoms. The third-order valence-electron chi connectivity index (χ3n) is 5.86. The maximum Gasteiger partial charge on any atom is 0.344 e. The number of imidazole rings is 1. The number of hydrogen-bond acceptors (Lipinski definition) is 13. The summed E-state index contributed by atoms with van der Waals surface area (Å²) < 4.78 is 13.1. The molecule has 3 aromatic rings. The van der Waals surface area contributed by atoms with E-state index in [0.717, 1.165) is 0 Å². The second-order valence-corrected chi connectivity index (χ2v) is 8.43. The molecule has 0 amide bonds. The van der Waals surface area contributed by atoms with Gasteiger partial charge in [-0.15, -0.1) is 5.11 Å². The molecular formula is C21H24ClN9O6. The smallest absolute Gasteiger partial charge is 0.344 e. The molecule has 0 radical (unpaired) electrons. The number of carboxylic acids is 1. The quantitative estimate of drug-likeness (QED) is 0.294. The highest BCUT2D eigenvalue weighted by Crippen LogP contribution is 2.34. The van der Waals surface area contributed by atoms with Gasteiger partial charge in [0.2, 0.25) is 10.9 Å². The van der Waals surface area contributed by atoms with Crippen LogP contribution in [0.15, 0.2) is 46.1 Å². The molecule has 16 heteroatoms. The van der Waals surface area contributed by atoms with Gasteiger partial charge >= 0.3 is 5.97 Å². The Morgan fingerprint density at radius 1 is 1.32 bits per heavy atom. The Bertz CT molecular complexity index is 1350. The largest absolute Gasteiger partial charge is 0.479 e. The number of azo groups is 1. The zero-order chi connectivity index (χ0) is 25.4. The Balaban J connectivity index is 0.00000320. The molecule has 0 bridgehead atoms. The molecular weight excluding hydrogens is 510 g/mol. The number of aliphatic hydroxyl groups is 2. The van der Waals surface area contributed by atoms with Crippen molar-refractivity contribution in [1.82, 2.24) is 24.5 Å². The molecule has 0 aliphatic carbocycles. The zero-order valence-corrected chi connectivity index (χ0v) is 19.2. The first-order chi connectivity index (χ1) is 17.3. The van der Waals surface area contributed by atoms with Crippen molar-refractivity contribution in [3.8, 4) is 0 Å². The molecule has 2 aliphatic heterocycles. The second-order valence-electron chi connectivity index (χ2n) is 8.09. The number of anilines is 1. The van der Waals surface area contributed by atoms with Gasteiger partial charge in [-0.1, -0.05) is 13.5 Å². The van der Waals surface area contributed by atoms with Crippen LogP contribution in [0.4, 0.5) is 5.82 Å². The third kappa shape index (κ3) is 4.74. The first kappa shape index (κ1) is 26.4. The highest BCUT2D eigenvalue weighted by atomic mass is 35.5. The van der Waals surface area contributed by atoms with Crippen molar-refractivity contribution in [1.29, 1.82) is 0 Å². The highest BCUT2D eigenvalue weighted by Gasteiger charge is 2.50. The van der Waals surface area contributed by atoms with Gasteiger partial charge in [0.25, 0.3) is 0 Å². The lowest BCUT2D eigenvalue weighted by molar-refractivity contribution is -0.162. The van der Waals surface area contributed by atoms with E-state index in [-0.39, 0.29) is 48.6 Å². The molecule has 1 unspecified atom stereocenters. The maximum atomic E-state index is 12.5. The van der Waals surface area contributed by atoms with Crippen LogP contribution >= 0.6 is 11.6 Å². The number of aliphatic imine (C=N–C) groups is 1. The van der Waals surface area contributed by atoms with Gasteiger partial charge in [-0.3, -0.25) is 9.55 Å². The van der Waals surface area contributed by atoms with Crippen molar-refractivity contribution in [2.45, 2.75) is 44.0 Å². The van der Waals surface area contributed by atoms with Gasteiger partial charge in [-0.2, -0.15) is 15.1 Å². The molecule has 0 spiro atoms. The number of pyridine rings is 1. The molecule has 0 saturated carbocycles. The molecule has 3 aromatic heterocycles. The van der Waals surface area contributed by atoms with E-state index in [1.54, 1.807) is 18.3 Å². The van der Waals surface area contributed by atoms with E-state index in [1.165, 1.54) is 17.1 Å². The fraction of sp³-hybridized carbons (Fsp3) is 0.429. The van der Waals surface area contributed by atoms with E-state index in [4.69, 9.17) is 26.8 Å². The first-order valence-corrected chi connectivity index (χ1v) is 11.0. The number of carbonyl (C=O) groups is 1. The minimum Gasteiger partial charge on any atom is -0.479 e. The zero-order valence-electron chi connectivity index (χ0n) is 18.4. The Labute approximate surface area is 214 Å². The summed E-state index contributed by atoms with van der Waals surface area (Å²) in [6.45, 7) is -0.467. The number of halogens is 1. The van der Waals surface area contributed by atoms with Crippen LogP contribution in [0, 0.1) is 0 Å². The lowest BCUT2D eigenvalue weighted by atomic mass is 9.93. The number of carboxylic acid groups (broad SMARTS) is 1. The summed E-state index contributed by atoms with van der Waals surface area (Å²) in [5.41, 5.74) is 4.76. The fourth-order valence-corrected chi connectivity index (χ4v) is 4.24. The monoisotopic (exact) mass is 533 g/mol. The molecule has 0 aromatic carbocycles. The summed E-state index contributed by atoms with van der Waals surface area (Å²) in [6, 6.07) is 3.34. The number of nitrogens with zero attached hydrogens (tertiary/aromatic N) is 8. The predicted molar refractivity (Wildman–Crippen MR) is 129 cm³/mol. The minimum atomic E-state index is -2.04. The molecule has 5 rings (SSSR count). The van der Waals surface area contributed by atoms with Crippen LogP contribution < -0.4 is 5.73 Å². The number of nitrogen functional groups attached to an aromatic ring is 1. The second kappa shape index (κ2) is 10.4. The van der Waals surface area contributed by atoms with Gasteiger partial charge in [-0.25, -0.2) is 14.8 Å². The summed E-state index contributed by atoms with van der Waals surface area (Å²) in [4.78, 5) is 32.6. The van der Waals surface area contributed by atoms with E-state index < -0.39 is 42.7 Å². The first-order valence-electron chi connectivity index (χ1n) is 10.7. The lowest BCUT2D eigenvalue weighted by Gasteiger charge is -2.29. The molecule has 196 valence electrons. The van der Waals surface area contributed by atoms with Crippen molar-refractivity contribution in [2.75, 3.05) is 19.0 Å². The van der Waals surface area contributed by atoms with Gasteiger partial charge in [-0.05, 0) is 23.2 Å². The summed E-state index contributed by atoms with van der Waals surface area (Å²) in [5.74, 6) is -1.46. The summed E-state index contributed by atoms with van der Waals surface area (Å²) in [5, 5.41) is 39.1. The number of amidine groups is 1. The third-order valence-corrected chi connectivity index (χ3v) is 6.03. The number of rotatable bonds is 8. The molecule has 1 saturated heterocycles. The Morgan fingerprint density at radius 3 is 2.81 bits per heavy atom. The van der Waals surface area contributed by atoms with Crippen LogP contribution in [-0.4, -0.2) is 88.8 Å². The number of ether oxygens (including phenoxy) is 2. The highest BCUT2D eigenvalue weighted by molar-refractivity contribution is 6.28. The molecule has 2 aliphatic rings. The van der Waals surface area contributed by atoms with Crippen molar-refractivity contribution in [2.24, 2.45) is 15.2 Å². The SMILES string of the molecule is C.Nc1nc(Cl)nc2c1ncn2[C@@H]1O[C@H](COC(Cc2cccnc2)(C(=O)O)C2=NCN=N2)[C@@H](O)[C@H]1O. The fourth-order valence-electron chi connectivity index (χ4n) is 4.07. The van der Waals surface area contributed by atoms with Crippen LogP contribution in [-0.2, 0) is 20.7 Å². The van der Waals surface area contributed by atoms with Gasteiger partial charge in [0.15, 0.2) is 30.2 Å². The van der Waals surface area contributed by atoms with E-state index in [1.807, 2.05) is 0 Å². The van der Waals surface area contributed by atoms with Crippen molar-refractivity contribution < 1.29 is 29.6 Å². The Hall–Kier alpha value is -3.63. The lowest BCUT2D eigenvalue weighted by Crippen LogP contribution is -2.52. The van der Waals surface area contributed by atoms with Crippen LogP contribution in [0.2, 0.25) is 5.28 Å². The minimum absolute atomic E-state index is 0. The molecule has 15 nitrogen and oxygen atoms in total. The van der Waals surface area contributed by atoms with Crippen LogP contribution in [0.3, 0.4) is 0 Å². The van der Waals surface area contributed by atoms with Crippen LogP contribution in [0.25, 0.3) is 11.2 Å². The summed E-state index contributed by atoms with van der Waals surface area (Å²) in [7, 11) is 0. The van der Waals surface area contributed by atoms with Gasteiger partial charge < -0.3 is 30.5 Å². The number of nitrogens with two attached hydrogens (primary N) is 1. The van der Waals surface area contributed by atoms with Crippen molar-refractivity contribution >= 4 is 40.4 Å². The van der Waals surface area contributed by atoms with Gasteiger partial charge in [0.05, 0.1) is 12.9 Å². The number of aliphatic carboxylic acids is 1. The Kier molecular flexibility index (Phi) is 7.42. The molecule has 5 atom stereocenters. The number of aromatic nitrogens is 5. The predicted octanol–water partition coefficient (Wildman–Crippen LogP) is 0.617. The van der Waals surface area contributed by atoms with E-state index in [0.29, 0.717) is 5.56 Å². The standard InChI is InChI=1S/C20H20ClN9O6.CH4/c21-19-27-14(22)11-15(28-19)30(8-25-11)16-13(32)12(31)10(36-16)6-35-20(18(33)34,17-24-7-26-29-17)4-9-2-1-3-23-5-9;/h1-3,5,8,10,12-13,16,31-32H,4,6-7H2,(H,33,34)(H2,22,27,28);1H4/t10-,12-,13-,16-,20?;/m1./s1. The Morgan fingerprint density at radius 2 is 2.14 bits per heavy atom. The topological polar surface area (TPSA) is 216 Å². The van der Waals surface area contributed by atoms with Crippen molar-refractivity contribution in [3.63, 3.8) is 0 Å². The van der Waals surface area contributed by atoms with Crippen LogP contribution in [0.5, 0.6) is 0 Å². The number of hydrogen-bond donors (Lipinski definition) is 4. The average molecular weight is 534 g/mol. The van der Waals surface area contributed by atoms with E-state index >= 15 is 0 Å². The van der Waals surface area contributed by atoms with Gasteiger partial charge in [0, 0.05) is 18.8 Å². The normalized spacial score (nSPS) is 24.6. The van der Waals surface area contributed by atoms with Gasteiger partial charge in [0.1, 0.15) is 23.8 Å².